The van der Waals surface area contributed by atoms with E-state index in [2.05, 4.69) is 26.1 Å². The largest absolute Gasteiger partial charge is 0.483 e. The predicted molar refractivity (Wildman–Crippen MR) is 90.4 cm³/mol. The van der Waals surface area contributed by atoms with E-state index < -0.39 is 0 Å². The van der Waals surface area contributed by atoms with E-state index >= 15 is 0 Å². The molecule has 0 unspecified atom stereocenters. The first kappa shape index (κ1) is 16.6. The molecule has 0 atom stereocenters. The maximum absolute atomic E-state index is 12.0. The molecule has 0 aliphatic rings. The SMILES string of the molecule is CC(C)(C)c1ccccc1OCC(=O)Nc1cccc(C#N)c1. The van der Waals surface area contributed by atoms with Crippen LogP contribution in [0.15, 0.2) is 48.5 Å². The number of rotatable bonds is 4. The van der Waals surface area contributed by atoms with Crippen LogP contribution in [-0.4, -0.2) is 12.5 Å². The van der Waals surface area contributed by atoms with Crippen molar-refractivity contribution >= 4 is 11.6 Å². The van der Waals surface area contributed by atoms with Gasteiger partial charge in [-0.15, -0.1) is 0 Å². The number of hydrogen-bond donors (Lipinski definition) is 1. The average molecular weight is 308 g/mol. The molecule has 2 aromatic rings. The molecule has 0 fully saturated rings. The fourth-order valence-electron chi connectivity index (χ4n) is 2.22. The molecule has 2 rings (SSSR count). The second-order valence-electron chi connectivity index (χ2n) is 6.28. The Balaban J connectivity index is 2.01. The number of nitriles is 1. The molecule has 0 aromatic heterocycles. The van der Waals surface area contributed by atoms with Crippen molar-refractivity contribution in [3.05, 3.63) is 59.7 Å². The Morgan fingerprint density at radius 3 is 2.61 bits per heavy atom. The second kappa shape index (κ2) is 6.97. The number of nitrogens with one attached hydrogen (secondary N) is 1. The summed E-state index contributed by atoms with van der Waals surface area (Å²) in [5, 5.41) is 11.6. The average Bonchev–Trinajstić information content (AvgIpc) is 2.52. The lowest BCUT2D eigenvalue weighted by atomic mass is 9.86. The molecule has 0 saturated heterocycles. The summed E-state index contributed by atoms with van der Waals surface area (Å²) in [6.07, 6.45) is 0. The second-order valence-corrected chi connectivity index (χ2v) is 6.28. The van der Waals surface area contributed by atoms with E-state index in [1.54, 1.807) is 24.3 Å². The van der Waals surface area contributed by atoms with Crippen molar-refractivity contribution < 1.29 is 9.53 Å². The van der Waals surface area contributed by atoms with Crippen LogP contribution >= 0.6 is 0 Å². The van der Waals surface area contributed by atoms with Crippen LogP contribution < -0.4 is 10.1 Å². The molecule has 0 bridgehead atoms. The molecular weight excluding hydrogens is 288 g/mol. The third kappa shape index (κ3) is 4.58. The number of amides is 1. The minimum Gasteiger partial charge on any atom is -0.483 e. The number of carbonyl (C=O) groups is 1. The van der Waals surface area contributed by atoms with E-state index in [1.165, 1.54) is 0 Å². The third-order valence-electron chi connectivity index (χ3n) is 3.33. The zero-order valence-electron chi connectivity index (χ0n) is 13.6. The Labute approximate surface area is 136 Å². The number of ether oxygens (including phenoxy) is 1. The summed E-state index contributed by atoms with van der Waals surface area (Å²) in [6, 6.07) is 16.5. The lowest BCUT2D eigenvalue weighted by Gasteiger charge is -2.22. The first-order valence-electron chi connectivity index (χ1n) is 7.42. The predicted octanol–water partition coefficient (Wildman–Crippen LogP) is 3.87. The van der Waals surface area contributed by atoms with Crippen LogP contribution in [0.2, 0.25) is 0 Å². The van der Waals surface area contributed by atoms with Gasteiger partial charge in [-0.3, -0.25) is 4.79 Å². The van der Waals surface area contributed by atoms with E-state index in [1.807, 2.05) is 30.3 Å². The lowest BCUT2D eigenvalue weighted by molar-refractivity contribution is -0.118. The molecule has 4 heteroatoms. The molecule has 23 heavy (non-hydrogen) atoms. The van der Waals surface area contributed by atoms with Crippen molar-refractivity contribution in [3.63, 3.8) is 0 Å². The van der Waals surface area contributed by atoms with Gasteiger partial charge in [-0.05, 0) is 35.2 Å². The molecule has 1 amide bonds. The van der Waals surface area contributed by atoms with Gasteiger partial charge >= 0.3 is 0 Å². The van der Waals surface area contributed by atoms with Gasteiger partial charge in [-0.25, -0.2) is 0 Å². The summed E-state index contributed by atoms with van der Waals surface area (Å²) in [7, 11) is 0. The minimum atomic E-state index is -0.260. The van der Waals surface area contributed by atoms with Crippen molar-refractivity contribution in [3.8, 4) is 11.8 Å². The summed E-state index contributed by atoms with van der Waals surface area (Å²) in [5.41, 5.74) is 2.08. The molecule has 2 aromatic carbocycles. The molecule has 0 saturated carbocycles. The van der Waals surface area contributed by atoms with E-state index in [-0.39, 0.29) is 17.9 Å². The Morgan fingerprint density at radius 2 is 1.91 bits per heavy atom. The van der Waals surface area contributed by atoms with Gasteiger partial charge in [-0.2, -0.15) is 5.26 Å². The number of nitrogens with zero attached hydrogens (tertiary/aromatic N) is 1. The number of benzene rings is 2. The highest BCUT2D eigenvalue weighted by molar-refractivity contribution is 5.92. The molecule has 4 nitrogen and oxygen atoms in total. The summed E-state index contributed by atoms with van der Waals surface area (Å²) >= 11 is 0. The number of para-hydroxylation sites is 1. The normalized spacial score (nSPS) is 10.7. The topological polar surface area (TPSA) is 62.1 Å². The highest BCUT2D eigenvalue weighted by Crippen LogP contribution is 2.30. The van der Waals surface area contributed by atoms with Crippen molar-refractivity contribution in [2.75, 3.05) is 11.9 Å². The Hall–Kier alpha value is -2.80. The third-order valence-corrected chi connectivity index (χ3v) is 3.33. The Morgan fingerprint density at radius 1 is 1.17 bits per heavy atom. The van der Waals surface area contributed by atoms with Crippen molar-refractivity contribution in [2.24, 2.45) is 0 Å². The number of anilines is 1. The Bertz CT molecular complexity index is 740. The van der Waals surface area contributed by atoms with Crippen molar-refractivity contribution in [1.29, 1.82) is 5.26 Å². The van der Waals surface area contributed by atoms with Crippen molar-refractivity contribution in [1.82, 2.24) is 0 Å². The van der Waals surface area contributed by atoms with Gasteiger partial charge < -0.3 is 10.1 Å². The Kier molecular flexibility index (Phi) is 5.02. The highest BCUT2D eigenvalue weighted by atomic mass is 16.5. The molecule has 0 heterocycles. The maximum atomic E-state index is 12.0. The standard InChI is InChI=1S/C19H20N2O2/c1-19(2,3)16-9-4-5-10-17(16)23-13-18(22)21-15-8-6-7-14(11-15)12-20/h4-11H,13H2,1-3H3,(H,21,22). The number of hydrogen-bond acceptors (Lipinski definition) is 3. The van der Waals surface area contributed by atoms with Crippen LogP contribution in [0.4, 0.5) is 5.69 Å². The molecule has 0 radical (unpaired) electrons. The van der Waals surface area contributed by atoms with Crippen molar-refractivity contribution in [2.45, 2.75) is 26.2 Å². The van der Waals surface area contributed by atoms with Crippen LogP contribution in [-0.2, 0) is 10.2 Å². The van der Waals surface area contributed by atoms with Gasteiger partial charge in [0.25, 0.3) is 5.91 Å². The first-order valence-corrected chi connectivity index (χ1v) is 7.42. The quantitative estimate of drug-likeness (QED) is 0.932. The van der Waals surface area contributed by atoms with Crippen LogP contribution in [0.3, 0.4) is 0 Å². The summed E-state index contributed by atoms with van der Waals surface area (Å²) in [5.74, 6) is 0.449. The highest BCUT2D eigenvalue weighted by Gasteiger charge is 2.18. The zero-order valence-corrected chi connectivity index (χ0v) is 13.6. The molecule has 118 valence electrons. The fourth-order valence-corrected chi connectivity index (χ4v) is 2.22. The maximum Gasteiger partial charge on any atom is 0.262 e. The zero-order chi connectivity index (χ0) is 16.9. The van der Waals surface area contributed by atoms with Gasteiger partial charge in [0.2, 0.25) is 0 Å². The lowest BCUT2D eigenvalue weighted by Crippen LogP contribution is -2.22. The van der Waals surface area contributed by atoms with Crippen LogP contribution in [0.5, 0.6) is 5.75 Å². The van der Waals surface area contributed by atoms with Gasteiger partial charge in [0.1, 0.15) is 5.75 Å². The summed E-state index contributed by atoms with van der Waals surface area (Å²) in [4.78, 5) is 12.0. The molecule has 0 spiro atoms. The molecular formula is C19H20N2O2. The first-order chi connectivity index (χ1) is 10.9. The molecule has 1 N–H and O–H groups in total. The van der Waals surface area contributed by atoms with Crippen LogP contribution in [0, 0.1) is 11.3 Å². The summed E-state index contributed by atoms with van der Waals surface area (Å²) < 4.78 is 5.68. The van der Waals surface area contributed by atoms with E-state index in [9.17, 15) is 4.79 Å². The van der Waals surface area contributed by atoms with E-state index in [0.29, 0.717) is 17.0 Å². The molecule has 0 aliphatic heterocycles. The van der Waals surface area contributed by atoms with Gasteiger partial charge in [0.05, 0.1) is 11.6 Å². The van der Waals surface area contributed by atoms with E-state index in [4.69, 9.17) is 10.00 Å². The van der Waals surface area contributed by atoms with E-state index in [0.717, 1.165) is 5.56 Å². The fraction of sp³-hybridized carbons (Fsp3) is 0.263. The molecule has 0 aliphatic carbocycles. The van der Waals surface area contributed by atoms with Gasteiger partial charge in [0, 0.05) is 5.69 Å². The smallest absolute Gasteiger partial charge is 0.262 e. The monoisotopic (exact) mass is 308 g/mol. The van der Waals surface area contributed by atoms with Gasteiger partial charge in [-0.1, -0.05) is 45.0 Å². The number of carbonyl (C=O) groups excluding carboxylic acids is 1. The van der Waals surface area contributed by atoms with Crippen LogP contribution in [0.1, 0.15) is 31.9 Å². The van der Waals surface area contributed by atoms with Gasteiger partial charge in [0.15, 0.2) is 6.61 Å². The minimum absolute atomic E-state index is 0.0613. The van der Waals surface area contributed by atoms with Crippen LogP contribution in [0.25, 0.3) is 0 Å². The summed E-state index contributed by atoms with van der Waals surface area (Å²) in [6.45, 7) is 6.22.